The average Bonchev–Trinajstić information content (AvgIpc) is 2.39. The molecule has 19 heavy (non-hydrogen) atoms. The van der Waals surface area contributed by atoms with E-state index >= 15 is 0 Å². The van der Waals surface area contributed by atoms with Gasteiger partial charge in [-0.3, -0.25) is 4.98 Å². The minimum Gasteiger partial charge on any atom is -0.455 e. The number of benzene rings is 1. The van der Waals surface area contributed by atoms with Crippen LogP contribution in [0.1, 0.15) is 44.0 Å². The van der Waals surface area contributed by atoms with Gasteiger partial charge in [-0.2, -0.15) is 0 Å². The largest absolute Gasteiger partial charge is 0.455 e. The molecule has 0 radical (unpaired) electrons. The molecule has 0 bridgehead atoms. The maximum atomic E-state index is 5.90. The van der Waals surface area contributed by atoms with E-state index in [0.29, 0.717) is 5.92 Å². The highest BCUT2D eigenvalue weighted by Crippen LogP contribution is 2.30. The lowest BCUT2D eigenvalue weighted by Crippen LogP contribution is -2.06. The Bertz CT molecular complexity index is 533. The molecule has 0 saturated carbocycles. The molecule has 1 aromatic carbocycles. The first-order chi connectivity index (χ1) is 9.08. The molecule has 1 heterocycles. The van der Waals surface area contributed by atoms with E-state index in [-0.39, 0.29) is 6.04 Å². The Labute approximate surface area is 114 Å². The van der Waals surface area contributed by atoms with Crippen molar-refractivity contribution in [3.8, 4) is 11.5 Å². The van der Waals surface area contributed by atoms with Gasteiger partial charge in [0.15, 0.2) is 0 Å². The monoisotopic (exact) mass is 256 g/mol. The van der Waals surface area contributed by atoms with E-state index in [1.54, 1.807) is 6.20 Å². The zero-order chi connectivity index (χ0) is 13.8. The van der Waals surface area contributed by atoms with E-state index in [1.807, 2.05) is 37.3 Å². The Morgan fingerprint density at radius 3 is 2.37 bits per heavy atom. The van der Waals surface area contributed by atoms with Crippen molar-refractivity contribution < 1.29 is 4.74 Å². The van der Waals surface area contributed by atoms with Gasteiger partial charge >= 0.3 is 0 Å². The van der Waals surface area contributed by atoms with Gasteiger partial charge in [-0.25, -0.2) is 0 Å². The predicted octanol–water partition coefficient (Wildman–Crippen LogP) is 4.02. The van der Waals surface area contributed by atoms with Crippen LogP contribution < -0.4 is 10.5 Å². The van der Waals surface area contributed by atoms with Crippen LogP contribution in [-0.4, -0.2) is 4.98 Å². The van der Waals surface area contributed by atoms with Crippen LogP contribution in [0.3, 0.4) is 0 Å². The molecule has 0 aliphatic heterocycles. The summed E-state index contributed by atoms with van der Waals surface area (Å²) in [4.78, 5) is 4.30. The zero-order valence-electron chi connectivity index (χ0n) is 11.6. The smallest absolute Gasteiger partial charge is 0.145 e. The van der Waals surface area contributed by atoms with Gasteiger partial charge in [0, 0.05) is 6.04 Å². The van der Waals surface area contributed by atoms with Crippen molar-refractivity contribution in [3.63, 3.8) is 0 Å². The van der Waals surface area contributed by atoms with Gasteiger partial charge in [0.2, 0.25) is 0 Å². The van der Waals surface area contributed by atoms with Gasteiger partial charge in [0.25, 0.3) is 0 Å². The van der Waals surface area contributed by atoms with Gasteiger partial charge in [-0.05, 0) is 36.6 Å². The van der Waals surface area contributed by atoms with Gasteiger partial charge in [0.1, 0.15) is 11.5 Å². The molecular weight excluding hydrogens is 236 g/mol. The van der Waals surface area contributed by atoms with Gasteiger partial charge in [-0.1, -0.05) is 32.0 Å². The Kier molecular flexibility index (Phi) is 4.17. The lowest BCUT2D eigenvalue weighted by atomic mass is 10.0. The van der Waals surface area contributed by atoms with Gasteiger partial charge in [0.05, 0.1) is 11.9 Å². The Morgan fingerprint density at radius 2 is 1.79 bits per heavy atom. The van der Waals surface area contributed by atoms with Crippen LogP contribution in [0.4, 0.5) is 0 Å². The van der Waals surface area contributed by atoms with Crippen LogP contribution in [0.15, 0.2) is 42.6 Å². The summed E-state index contributed by atoms with van der Waals surface area (Å²) in [5.74, 6) is 2.04. The first kappa shape index (κ1) is 13.6. The van der Waals surface area contributed by atoms with Gasteiger partial charge in [-0.15, -0.1) is 0 Å². The summed E-state index contributed by atoms with van der Waals surface area (Å²) in [5.41, 5.74) is 7.84. The molecule has 2 rings (SSSR count). The number of nitrogens with two attached hydrogens (primary N) is 1. The molecule has 3 nitrogen and oxygen atoms in total. The fraction of sp³-hybridized carbons (Fsp3) is 0.312. The van der Waals surface area contributed by atoms with Crippen molar-refractivity contribution in [1.29, 1.82) is 0 Å². The molecule has 0 aliphatic carbocycles. The number of aromatic nitrogens is 1. The summed E-state index contributed by atoms with van der Waals surface area (Å²) >= 11 is 0. The van der Waals surface area contributed by atoms with E-state index in [9.17, 15) is 0 Å². The van der Waals surface area contributed by atoms with E-state index < -0.39 is 0 Å². The number of rotatable bonds is 4. The Hall–Kier alpha value is -1.87. The quantitative estimate of drug-likeness (QED) is 0.898. The predicted molar refractivity (Wildman–Crippen MR) is 77.4 cm³/mol. The van der Waals surface area contributed by atoms with E-state index in [1.165, 1.54) is 5.56 Å². The molecule has 0 fully saturated rings. The fourth-order valence-corrected chi connectivity index (χ4v) is 1.90. The number of para-hydroxylation sites is 1. The maximum absolute atomic E-state index is 5.90. The standard InChI is InChI=1S/C16H20N2O/c1-11(2)14-6-4-5-7-16(14)19-13-8-9-15(12(3)17)18-10-13/h4-12H,17H2,1-3H3/t12-/m0/s1. The summed E-state index contributed by atoms with van der Waals surface area (Å²) < 4.78 is 5.90. The van der Waals surface area contributed by atoms with Crippen molar-refractivity contribution in [2.75, 3.05) is 0 Å². The Morgan fingerprint density at radius 1 is 1.05 bits per heavy atom. The second-order valence-corrected chi connectivity index (χ2v) is 5.00. The molecule has 1 atom stereocenters. The third-order valence-corrected chi connectivity index (χ3v) is 2.99. The van der Waals surface area contributed by atoms with Crippen molar-refractivity contribution in [1.82, 2.24) is 4.98 Å². The number of nitrogens with zero attached hydrogens (tertiary/aromatic N) is 1. The van der Waals surface area contributed by atoms with Crippen molar-refractivity contribution in [3.05, 3.63) is 53.9 Å². The highest BCUT2D eigenvalue weighted by Gasteiger charge is 2.08. The number of hydrogen-bond donors (Lipinski definition) is 1. The van der Waals surface area contributed by atoms with Crippen molar-refractivity contribution in [2.24, 2.45) is 5.73 Å². The maximum Gasteiger partial charge on any atom is 0.145 e. The number of ether oxygens (including phenoxy) is 1. The molecule has 2 N–H and O–H groups in total. The van der Waals surface area contributed by atoms with E-state index in [0.717, 1.165) is 17.2 Å². The average molecular weight is 256 g/mol. The molecule has 100 valence electrons. The molecule has 1 aromatic heterocycles. The Balaban J connectivity index is 2.21. The summed E-state index contributed by atoms with van der Waals surface area (Å²) in [7, 11) is 0. The molecular formula is C16H20N2O. The van der Waals surface area contributed by atoms with Crippen molar-refractivity contribution in [2.45, 2.75) is 32.7 Å². The SMILES string of the molecule is CC(C)c1ccccc1Oc1ccc([C@H](C)N)nc1. The van der Waals surface area contributed by atoms with Crippen LogP contribution in [-0.2, 0) is 0 Å². The summed E-state index contributed by atoms with van der Waals surface area (Å²) in [6.07, 6.45) is 1.72. The highest BCUT2D eigenvalue weighted by molar-refractivity contribution is 5.39. The molecule has 0 spiro atoms. The van der Waals surface area contributed by atoms with Crippen LogP contribution in [0.5, 0.6) is 11.5 Å². The third kappa shape index (κ3) is 3.32. The summed E-state index contributed by atoms with van der Waals surface area (Å²) in [6, 6.07) is 11.8. The third-order valence-electron chi connectivity index (χ3n) is 2.99. The van der Waals surface area contributed by atoms with Crippen LogP contribution in [0.2, 0.25) is 0 Å². The minimum absolute atomic E-state index is 0.0583. The van der Waals surface area contributed by atoms with Crippen LogP contribution in [0, 0.1) is 0 Å². The molecule has 0 saturated heterocycles. The second kappa shape index (κ2) is 5.85. The minimum atomic E-state index is -0.0583. The lowest BCUT2D eigenvalue weighted by molar-refractivity contribution is 0.470. The molecule has 2 aromatic rings. The first-order valence-corrected chi connectivity index (χ1v) is 6.56. The first-order valence-electron chi connectivity index (χ1n) is 6.56. The van der Waals surface area contributed by atoms with Crippen LogP contribution in [0.25, 0.3) is 0 Å². The molecule has 0 aliphatic rings. The van der Waals surface area contributed by atoms with Gasteiger partial charge < -0.3 is 10.5 Å². The van der Waals surface area contributed by atoms with Crippen LogP contribution >= 0.6 is 0 Å². The second-order valence-electron chi connectivity index (χ2n) is 5.00. The normalized spacial score (nSPS) is 12.5. The van der Waals surface area contributed by atoms with E-state index in [4.69, 9.17) is 10.5 Å². The highest BCUT2D eigenvalue weighted by atomic mass is 16.5. The fourth-order valence-electron chi connectivity index (χ4n) is 1.90. The topological polar surface area (TPSA) is 48.1 Å². The molecule has 3 heteroatoms. The van der Waals surface area contributed by atoms with Crippen molar-refractivity contribution >= 4 is 0 Å². The van der Waals surface area contributed by atoms with E-state index in [2.05, 4.69) is 24.9 Å². The number of pyridine rings is 1. The number of hydrogen-bond acceptors (Lipinski definition) is 3. The lowest BCUT2D eigenvalue weighted by Gasteiger charge is -2.13. The summed E-state index contributed by atoms with van der Waals surface area (Å²) in [5, 5.41) is 0. The summed E-state index contributed by atoms with van der Waals surface area (Å²) in [6.45, 7) is 6.22. The molecule has 0 amide bonds. The zero-order valence-corrected chi connectivity index (χ0v) is 11.6. The molecule has 0 unspecified atom stereocenters.